The normalized spacial score (nSPS) is 12.6. The molecule has 2 aromatic rings. The Morgan fingerprint density at radius 1 is 1.05 bits per heavy atom. The van der Waals surface area contributed by atoms with E-state index in [0.29, 0.717) is 0 Å². The largest absolute Gasteiger partial charge is 0.398 e. The number of nitrogens with zero attached hydrogens (tertiary/aromatic N) is 1. The third kappa shape index (κ3) is 2.32. The van der Waals surface area contributed by atoms with Crippen molar-refractivity contribution in [2.24, 2.45) is 0 Å². The van der Waals surface area contributed by atoms with Crippen molar-refractivity contribution in [3.63, 3.8) is 0 Å². The van der Waals surface area contributed by atoms with E-state index in [1.165, 1.54) is 27.8 Å². The average molecular weight is 266 g/mol. The van der Waals surface area contributed by atoms with Gasteiger partial charge in [0.2, 0.25) is 0 Å². The van der Waals surface area contributed by atoms with Gasteiger partial charge >= 0.3 is 0 Å². The Morgan fingerprint density at radius 2 is 1.85 bits per heavy atom. The monoisotopic (exact) mass is 266 g/mol. The topological polar surface area (TPSA) is 29.3 Å². The van der Waals surface area contributed by atoms with Crippen LogP contribution >= 0.6 is 0 Å². The zero-order valence-electron chi connectivity index (χ0n) is 12.3. The lowest BCUT2D eigenvalue weighted by atomic mass is 9.98. The Balaban J connectivity index is 1.87. The van der Waals surface area contributed by atoms with Crippen molar-refractivity contribution in [2.45, 2.75) is 19.3 Å². The number of hydrogen-bond acceptors (Lipinski definition) is 2. The highest BCUT2D eigenvalue weighted by Gasteiger charge is 2.21. The maximum atomic E-state index is 6.42. The fraction of sp³-hybridized carbons (Fsp3) is 0.333. The van der Waals surface area contributed by atoms with Crippen molar-refractivity contribution in [2.75, 3.05) is 26.4 Å². The molecule has 0 heterocycles. The van der Waals surface area contributed by atoms with Crippen molar-refractivity contribution in [3.05, 3.63) is 53.1 Å². The lowest BCUT2D eigenvalue weighted by Gasteiger charge is -2.13. The maximum Gasteiger partial charge on any atom is 0.0388 e. The summed E-state index contributed by atoms with van der Waals surface area (Å²) in [5, 5.41) is 0. The lowest BCUT2D eigenvalue weighted by Crippen LogP contribution is -2.14. The van der Waals surface area contributed by atoms with Crippen molar-refractivity contribution in [1.29, 1.82) is 0 Å². The molecule has 0 amide bonds. The molecule has 0 atom stereocenters. The van der Waals surface area contributed by atoms with Gasteiger partial charge in [-0.2, -0.15) is 0 Å². The van der Waals surface area contributed by atoms with Crippen LogP contribution in [0.4, 0.5) is 5.69 Å². The number of benzene rings is 2. The number of nitrogen functional groups attached to an aromatic ring is 1. The lowest BCUT2D eigenvalue weighted by molar-refractivity contribution is 0.400. The highest BCUT2D eigenvalue weighted by molar-refractivity contribution is 5.82. The molecule has 0 saturated heterocycles. The van der Waals surface area contributed by atoms with E-state index in [2.05, 4.69) is 55.4 Å². The molecule has 2 N–H and O–H groups in total. The first-order chi connectivity index (χ1) is 9.66. The van der Waals surface area contributed by atoms with E-state index in [0.717, 1.165) is 31.5 Å². The Hall–Kier alpha value is -1.80. The highest BCUT2D eigenvalue weighted by Crippen LogP contribution is 2.40. The van der Waals surface area contributed by atoms with Gasteiger partial charge in [-0.15, -0.1) is 0 Å². The molecule has 0 aliphatic heterocycles. The van der Waals surface area contributed by atoms with Crippen LogP contribution < -0.4 is 5.73 Å². The Bertz CT molecular complexity index is 629. The van der Waals surface area contributed by atoms with Gasteiger partial charge in [-0.1, -0.05) is 36.4 Å². The first-order valence-electron chi connectivity index (χ1n) is 7.30. The fourth-order valence-electron chi connectivity index (χ4n) is 3.09. The van der Waals surface area contributed by atoms with E-state index in [4.69, 9.17) is 5.73 Å². The molecule has 0 spiro atoms. The quantitative estimate of drug-likeness (QED) is 0.734. The van der Waals surface area contributed by atoms with Gasteiger partial charge in [-0.05, 0) is 61.3 Å². The summed E-state index contributed by atoms with van der Waals surface area (Å²) in [5.74, 6) is 0. The van der Waals surface area contributed by atoms with Crippen LogP contribution in [0.1, 0.15) is 23.1 Å². The first kappa shape index (κ1) is 13.2. The molecule has 2 aromatic carbocycles. The second kappa shape index (κ2) is 5.29. The summed E-state index contributed by atoms with van der Waals surface area (Å²) in [6.07, 6.45) is 3.20. The van der Waals surface area contributed by atoms with Crippen LogP contribution in [0.3, 0.4) is 0 Å². The van der Waals surface area contributed by atoms with E-state index in [1.54, 1.807) is 0 Å². The molecule has 0 aromatic heterocycles. The predicted molar refractivity (Wildman–Crippen MR) is 86.0 cm³/mol. The molecular formula is C18H22N2. The van der Waals surface area contributed by atoms with E-state index < -0.39 is 0 Å². The molecule has 20 heavy (non-hydrogen) atoms. The molecule has 0 radical (unpaired) electrons. The SMILES string of the molecule is CN(C)CCCc1ccc2c(c1N)Cc1ccccc1-2. The second-order valence-corrected chi connectivity index (χ2v) is 5.91. The third-order valence-electron chi connectivity index (χ3n) is 4.17. The van der Waals surface area contributed by atoms with Crippen LogP contribution in [0.2, 0.25) is 0 Å². The number of fused-ring (bicyclic) bond motifs is 3. The number of aryl methyl sites for hydroxylation is 1. The van der Waals surface area contributed by atoms with Crippen LogP contribution in [0.15, 0.2) is 36.4 Å². The summed E-state index contributed by atoms with van der Waals surface area (Å²) in [5.41, 5.74) is 14.1. The van der Waals surface area contributed by atoms with Gasteiger partial charge < -0.3 is 10.6 Å². The van der Waals surface area contributed by atoms with Crippen molar-refractivity contribution in [1.82, 2.24) is 4.90 Å². The predicted octanol–water partition coefficient (Wildman–Crippen LogP) is 3.33. The van der Waals surface area contributed by atoms with Crippen LogP contribution in [0, 0.1) is 0 Å². The number of anilines is 1. The molecule has 3 rings (SSSR count). The van der Waals surface area contributed by atoms with E-state index in [-0.39, 0.29) is 0 Å². The minimum Gasteiger partial charge on any atom is -0.398 e. The Morgan fingerprint density at radius 3 is 2.65 bits per heavy atom. The fourth-order valence-corrected chi connectivity index (χ4v) is 3.09. The Labute approximate surface area is 121 Å². The van der Waals surface area contributed by atoms with Gasteiger partial charge in [0.05, 0.1) is 0 Å². The van der Waals surface area contributed by atoms with E-state index in [9.17, 15) is 0 Å². The van der Waals surface area contributed by atoms with Gasteiger partial charge in [0.1, 0.15) is 0 Å². The Kier molecular flexibility index (Phi) is 3.49. The van der Waals surface area contributed by atoms with Crippen molar-refractivity contribution < 1.29 is 0 Å². The second-order valence-electron chi connectivity index (χ2n) is 5.91. The number of nitrogens with two attached hydrogens (primary N) is 1. The molecular weight excluding hydrogens is 244 g/mol. The molecule has 0 fully saturated rings. The molecule has 0 bridgehead atoms. The van der Waals surface area contributed by atoms with Gasteiger partial charge in [0.15, 0.2) is 0 Å². The summed E-state index contributed by atoms with van der Waals surface area (Å²) < 4.78 is 0. The smallest absolute Gasteiger partial charge is 0.0388 e. The minimum absolute atomic E-state index is 0.985. The summed E-state index contributed by atoms with van der Waals surface area (Å²) >= 11 is 0. The molecule has 1 aliphatic carbocycles. The van der Waals surface area contributed by atoms with Crippen LogP contribution in [-0.2, 0) is 12.8 Å². The van der Waals surface area contributed by atoms with Crippen LogP contribution in [0.25, 0.3) is 11.1 Å². The zero-order chi connectivity index (χ0) is 14.1. The van der Waals surface area contributed by atoms with E-state index >= 15 is 0 Å². The van der Waals surface area contributed by atoms with E-state index in [1.807, 2.05) is 0 Å². The molecule has 0 saturated carbocycles. The minimum atomic E-state index is 0.985. The number of hydrogen-bond donors (Lipinski definition) is 1. The average Bonchev–Trinajstić information content (AvgIpc) is 2.81. The molecule has 104 valence electrons. The summed E-state index contributed by atoms with van der Waals surface area (Å²) in [4.78, 5) is 2.22. The molecule has 1 aliphatic rings. The van der Waals surface area contributed by atoms with Crippen molar-refractivity contribution >= 4 is 5.69 Å². The standard InChI is InChI=1S/C18H22N2/c1-20(2)11-5-7-13-9-10-16-15-8-4-3-6-14(15)12-17(16)18(13)19/h3-4,6,8-10H,5,7,11-12,19H2,1-2H3. The zero-order valence-corrected chi connectivity index (χ0v) is 12.3. The highest BCUT2D eigenvalue weighted by atomic mass is 15.0. The van der Waals surface area contributed by atoms with Crippen molar-refractivity contribution in [3.8, 4) is 11.1 Å². The maximum absolute atomic E-state index is 6.42. The number of rotatable bonds is 4. The third-order valence-corrected chi connectivity index (χ3v) is 4.17. The summed E-state index contributed by atoms with van der Waals surface area (Å²) in [6.45, 7) is 1.11. The first-order valence-corrected chi connectivity index (χ1v) is 7.30. The molecule has 2 nitrogen and oxygen atoms in total. The van der Waals surface area contributed by atoms with Gasteiger partial charge in [-0.3, -0.25) is 0 Å². The van der Waals surface area contributed by atoms with Crippen LogP contribution in [-0.4, -0.2) is 25.5 Å². The van der Waals surface area contributed by atoms with Gasteiger partial charge in [0, 0.05) is 12.1 Å². The van der Waals surface area contributed by atoms with Gasteiger partial charge in [0.25, 0.3) is 0 Å². The van der Waals surface area contributed by atoms with Gasteiger partial charge in [-0.25, -0.2) is 0 Å². The van der Waals surface area contributed by atoms with Crippen LogP contribution in [0.5, 0.6) is 0 Å². The molecule has 2 heteroatoms. The molecule has 0 unspecified atom stereocenters. The summed E-state index contributed by atoms with van der Waals surface area (Å²) in [6, 6.07) is 13.1. The summed E-state index contributed by atoms with van der Waals surface area (Å²) in [7, 11) is 4.23.